The molecule has 3 rings (SSSR count). The Morgan fingerprint density at radius 2 is 2.35 bits per heavy atom. The Kier molecular flexibility index (Phi) is 3.94. The van der Waals surface area contributed by atoms with E-state index in [-0.39, 0.29) is 18.0 Å². The fourth-order valence-electron chi connectivity index (χ4n) is 2.76. The lowest BCUT2D eigenvalue weighted by Crippen LogP contribution is -2.41. The highest BCUT2D eigenvalue weighted by atomic mass is 79.9. The topological polar surface area (TPSA) is 50.8 Å². The molecule has 20 heavy (non-hydrogen) atoms. The SMILES string of the molecule is NC1=NCC(c2ccc(Br)c(F)c2)N1CC1CCCO1. The minimum Gasteiger partial charge on any atom is -0.376 e. The lowest BCUT2D eigenvalue weighted by molar-refractivity contribution is 0.0852. The molecule has 1 aromatic rings. The van der Waals surface area contributed by atoms with Gasteiger partial charge in [0.05, 0.1) is 23.2 Å². The maximum absolute atomic E-state index is 13.7. The summed E-state index contributed by atoms with van der Waals surface area (Å²) in [6.07, 6.45) is 2.34. The minimum atomic E-state index is -0.259. The van der Waals surface area contributed by atoms with Gasteiger partial charge in [0.15, 0.2) is 5.96 Å². The van der Waals surface area contributed by atoms with E-state index in [9.17, 15) is 4.39 Å². The summed E-state index contributed by atoms with van der Waals surface area (Å²) in [6.45, 7) is 2.10. The van der Waals surface area contributed by atoms with Crippen molar-refractivity contribution in [3.8, 4) is 0 Å². The number of halogens is 2. The van der Waals surface area contributed by atoms with Crippen LogP contribution in [-0.4, -0.2) is 36.7 Å². The normalized spacial score (nSPS) is 26.1. The second-order valence-electron chi connectivity index (χ2n) is 5.18. The van der Waals surface area contributed by atoms with Crippen molar-refractivity contribution in [1.82, 2.24) is 4.90 Å². The second kappa shape index (κ2) is 5.69. The molecule has 1 fully saturated rings. The molecule has 108 valence electrons. The van der Waals surface area contributed by atoms with Crippen LogP contribution in [0.5, 0.6) is 0 Å². The van der Waals surface area contributed by atoms with Crippen LogP contribution < -0.4 is 5.73 Å². The number of hydrogen-bond donors (Lipinski definition) is 1. The summed E-state index contributed by atoms with van der Waals surface area (Å²) in [5, 5.41) is 0. The Labute approximate surface area is 125 Å². The van der Waals surface area contributed by atoms with E-state index in [1.807, 2.05) is 11.0 Å². The van der Waals surface area contributed by atoms with Crippen molar-refractivity contribution < 1.29 is 9.13 Å². The predicted octanol–water partition coefficient (Wildman–Crippen LogP) is 2.44. The first-order valence-corrected chi connectivity index (χ1v) is 7.57. The number of rotatable bonds is 3. The largest absolute Gasteiger partial charge is 0.376 e. The number of nitrogens with zero attached hydrogens (tertiary/aromatic N) is 2. The van der Waals surface area contributed by atoms with Crippen molar-refractivity contribution in [2.75, 3.05) is 19.7 Å². The van der Waals surface area contributed by atoms with E-state index >= 15 is 0 Å². The van der Waals surface area contributed by atoms with Gasteiger partial charge in [0.2, 0.25) is 0 Å². The van der Waals surface area contributed by atoms with Crippen LogP contribution in [0.4, 0.5) is 4.39 Å². The molecule has 2 aliphatic heterocycles. The highest BCUT2D eigenvalue weighted by Gasteiger charge is 2.31. The van der Waals surface area contributed by atoms with Crippen molar-refractivity contribution in [3.63, 3.8) is 0 Å². The molecule has 0 aromatic heterocycles. The molecule has 2 aliphatic rings. The zero-order chi connectivity index (χ0) is 14.1. The average Bonchev–Trinajstić information content (AvgIpc) is 3.05. The van der Waals surface area contributed by atoms with Gasteiger partial charge < -0.3 is 15.4 Å². The van der Waals surface area contributed by atoms with Crippen LogP contribution in [0.1, 0.15) is 24.4 Å². The molecule has 0 aliphatic carbocycles. The van der Waals surface area contributed by atoms with E-state index in [0.717, 1.165) is 31.6 Å². The van der Waals surface area contributed by atoms with Crippen LogP contribution in [0.3, 0.4) is 0 Å². The lowest BCUT2D eigenvalue weighted by atomic mass is 10.1. The monoisotopic (exact) mass is 341 g/mol. The van der Waals surface area contributed by atoms with E-state index in [4.69, 9.17) is 10.5 Å². The van der Waals surface area contributed by atoms with Crippen molar-refractivity contribution in [2.45, 2.75) is 25.0 Å². The average molecular weight is 342 g/mol. The van der Waals surface area contributed by atoms with Crippen molar-refractivity contribution in [2.24, 2.45) is 10.7 Å². The molecule has 0 amide bonds. The van der Waals surface area contributed by atoms with Crippen LogP contribution in [0.2, 0.25) is 0 Å². The summed E-state index contributed by atoms with van der Waals surface area (Å²) in [6, 6.07) is 5.19. The Bertz CT molecular complexity index is 531. The van der Waals surface area contributed by atoms with Crippen LogP contribution in [0.15, 0.2) is 27.7 Å². The third-order valence-corrected chi connectivity index (χ3v) is 4.49. The Morgan fingerprint density at radius 3 is 3.05 bits per heavy atom. The molecule has 2 atom stereocenters. The molecule has 2 heterocycles. The molecular formula is C14H17BrFN3O. The molecule has 1 aromatic carbocycles. The number of aliphatic imine (C=N–C) groups is 1. The number of guanidine groups is 1. The molecule has 2 N–H and O–H groups in total. The molecule has 0 saturated carbocycles. The molecule has 0 bridgehead atoms. The van der Waals surface area contributed by atoms with Gasteiger partial charge in [-0.1, -0.05) is 6.07 Å². The fourth-order valence-corrected chi connectivity index (χ4v) is 3.01. The van der Waals surface area contributed by atoms with Gasteiger partial charge in [0.1, 0.15) is 5.82 Å². The molecule has 4 nitrogen and oxygen atoms in total. The third-order valence-electron chi connectivity index (χ3n) is 3.85. The fraction of sp³-hybridized carbons (Fsp3) is 0.500. The van der Waals surface area contributed by atoms with Gasteiger partial charge in [-0.05, 0) is 46.5 Å². The van der Waals surface area contributed by atoms with Crippen molar-refractivity contribution in [1.29, 1.82) is 0 Å². The zero-order valence-corrected chi connectivity index (χ0v) is 12.6. The van der Waals surface area contributed by atoms with E-state index in [0.29, 0.717) is 17.0 Å². The quantitative estimate of drug-likeness (QED) is 0.918. The smallest absolute Gasteiger partial charge is 0.192 e. The first kappa shape index (κ1) is 13.8. The number of hydrogen-bond acceptors (Lipinski definition) is 4. The Balaban J connectivity index is 1.78. The molecule has 0 spiro atoms. The predicted molar refractivity (Wildman–Crippen MR) is 79.0 cm³/mol. The summed E-state index contributed by atoms with van der Waals surface area (Å²) >= 11 is 3.17. The Hall–Kier alpha value is -1.14. The minimum absolute atomic E-state index is 0.00167. The van der Waals surface area contributed by atoms with E-state index < -0.39 is 0 Å². The van der Waals surface area contributed by atoms with E-state index in [2.05, 4.69) is 20.9 Å². The van der Waals surface area contributed by atoms with Crippen LogP contribution >= 0.6 is 15.9 Å². The summed E-state index contributed by atoms with van der Waals surface area (Å²) in [4.78, 5) is 6.33. The standard InChI is InChI=1S/C14H17BrFN3O/c15-11-4-3-9(6-12(11)16)13-7-18-14(17)19(13)8-10-2-1-5-20-10/h3-4,6,10,13H,1-2,5,7-8H2,(H2,17,18). The number of ether oxygens (including phenoxy) is 1. The maximum Gasteiger partial charge on any atom is 0.192 e. The highest BCUT2D eigenvalue weighted by molar-refractivity contribution is 9.10. The van der Waals surface area contributed by atoms with Crippen LogP contribution in [0.25, 0.3) is 0 Å². The van der Waals surface area contributed by atoms with Gasteiger partial charge in [-0.25, -0.2) is 4.39 Å². The van der Waals surface area contributed by atoms with Crippen LogP contribution in [0, 0.1) is 5.82 Å². The molecular weight excluding hydrogens is 325 g/mol. The molecule has 6 heteroatoms. The van der Waals surface area contributed by atoms with Gasteiger partial charge >= 0.3 is 0 Å². The maximum atomic E-state index is 13.7. The van der Waals surface area contributed by atoms with Gasteiger partial charge in [0, 0.05) is 13.2 Å². The summed E-state index contributed by atoms with van der Waals surface area (Å²) < 4.78 is 19.8. The van der Waals surface area contributed by atoms with Gasteiger partial charge in [-0.15, -0.1) is 0 Å². The summed E-state index contributed by atoms with van der Waals surface area (Å²) in [7, 11) is 0. The highest BCUT2D eigenvalue weighted by Crippen LogP contribution is 2.29. The second-order valence-corrected chi connectivity index (χ2v) is 6.03. The first-order chi connectivity index (χ1) is 9.65. The van der Waals surface area contributed by atoms with Crippen molar-refractivity contribution >= 4 is 21.9 Å². The van der Waals surface area contributed by atoms with Crippen LogP contribution in [-0.2, 0) is 4.74 Å². The summed E-state index contributed by atoms with van der Waals surface area (Å²) in [5.74, 6) is 0.263. The van der Waals surface area contributed by atoms with Crippen molar-refractivity contribution in [3.05, 3.63) is 34.1 Å². The van der Waals surface area contributed by atoms with Gasteiger partial charge in [-0.2, -0.15) is 0 Å². The van der Waals surface area contributed by atoms with Gasteiger partial charge in [0.25, 0.3) is 0 Å². The summed E-state index contributed by atoms with van der Waals surface area (Å²) in [5.41, 5.74) is 6.87. The Morgan fingerprint density at radius 1 is 1.50 bits per heavy atom. The molecule has 1 saturated heterocycles. The lowest BCUT2D eigenvalue weighted by Gasteiger charge is -2.28. The molecule has 2 unspecified atom stereocenters. The van der Waals surface area contributed by atoms with E-state index in [1.165, 1.54) is 0 Å². The van der Waals surface area contributed by atoms with Gasteiger partial charge in [-0.3, -0.25) is 4.99 Å². The van der Waals surface area contributed by atoms with E-state index in [1.54, 1.807) is 12.1 Å². The zero-order valence-electron chi connectivity index (χ0n) is 11.1. The number of benzene rings is 1. The molecule has 0 radical (unpaired) electrons. The number of nitrogens with two attached hydrogens (primary N) is 1. The third kappa shape index (κ3) is 2.67. The first-order valence-electron chi connectivity index (χ1n) is 6.78.